The Morgan fingerprint density at radius 1 is 1.09 bits per heavy atom. The molecule has 0 aliphatic carbocycles. The molecule has 0 N–H and O–H groups in total. The standard InChI is InChI=1S/C26H25FN6OS/c1-16-6-7-22(33-28-9-10-29-33)21(12-16)25(34)32-14-19-8-11-31(15-23(19)32)26-30-17(2)24(35-26)18-4-3-5-20(27)13-18/h3-7,9-10,12-13,19,23H,8,11,14-15H2,1-2H3/t19-,23-/m0/s1. The first-order valence-corrected chi connectivity index (χ1v) is 12.6. The van der Waals surface area contributed by atoms with Gasteiger partial charge in [-0.1, -0.05) is 35.1 Å². The minimum Gasteiger partial charge on any atom is -0.346 e. The molecule has 0 saturated carbocycles. The number of rotatable bonds is 4. The van der Waals surface area contributed by atoms with Crippen LogP contribution in [0, 0.1) is 25.6 Å². The summed E-state index contributed by atoms with van der Waals surface area (Å²) >= 11 is 1.59. The van der Waals surface area contributed by atoms with Crippen molar-refractivity contribution in [2.75, 3.05) is 24.5 Å². The van der Waals surface area contributed by atoms with Crippen molar-refractivity contribution in [2.45, 2.75) is 26.3 Å². The van der Waals surface area contributed by atoms with Crippen molar-refractivity contribution in [3.8, 4) is 16.1 Å². The molecule has 2 aromatic heterocycles. The van der Waals surface area contributed by atoms with Crippen LogP contribution in [-0.2, 0) is 0 Å². The van der Waals surface area contributed by atoms with Crippen LogP contribution in [0.15, 0.2) is 54.9 Å². The van der Waals surface area contributed by atoms with E-state index in [9.17, 15) is 9.18 Å². The van der Waals surface area contributed by atoms with Crippen LogP contribution in [0.1, 0.15) is 28.0 Å². The zero-order chi connectivity index (χ0) is 24.1. The molecule has 1 amide bonds. The molecule has 4 aromatic rings. The third kappa shape index (κ3) is 3.89. The van der Waals surface area contributed by atoms with Gasteiger partial charge in [-0.15, -0.1) is 0 Å². The Kier molecular flexibility index (Phi) is 5.36. The van der Waals surface area contributed by atoms with E-state index in [1.165, 1.54) is 10.9 Å². The molecule has 2 fully saturated rings. The number of carbonyl (C=O) groups excluding carboxylic acids is 1. The largest absolute Gasteiger partial charge is 0.346 e. The summed E-state index contributed by atoms with van der Waals surface area (Å²) in [4.78, 5) is 25.2. The maximum absolute atomic E-state index is 13.8. The van der Waals surface area contributed by atoms with E-state index in [1.807, 2.05) is 43.0 Å². The van der Waals surface area contributed by atoms with Gasteiger partial charge in [-0.2, -0.15) is 15.0 Å². The summed E-state index contributed by atoms with van der Waals surface area (Å²) in [7, 11) is 0. The Balaban J connectivity index is 1.24. The Labute approximate surface area is 206 Å². The number of amides is 1. The Morgan fingerprint density at radius 3 is 2.71 bits per heavy atom. The quantitative estimate of drug-likeness (QED) is 0.423. The van der Waals surface area contributed by atoms with Gasteiger partial charge in [0, 0.05) is 25.6 Å². The fraction of sp³-hybridized carbons (Fsp3) is 0.308. The van der Waals surface area contributed by atoms with Crippen LogP contribution >= 0.6 is 11.3 Å². The molecule has 178 valence electrons. The van der Waals surface area contributed by atoms with Gasteiger partial charge in [-0.05, 0) is 50.1 Å². The van der Waals surface area contributed by atoms with E-state index in [0.29, 0.717) is 17.2 Å². The molecule has 9 heteroatoms. The minimum absolute atomic E-state index is 0.0138. The molecule has 2 aliphatic rings. The number of anilines is 1. The number of aromatic nitrogens is 4. The maximum Gasteiger partial charge on any atom is 0.256 e. The highest BCUT2D eigenvalue weighted by Gasteiger charge is 2.46. The topological polar surface area (TPSA) is 67.2 Å². The lowest BCUT2D eigenvalue weighted by Gasteiger charge is -2.53. The van der Waals surface area contributed by atoms with E-state index in [0.717, 1.165) is 52.9 Å². The highest BCUT2D eigenvalue weighted by molar-refractivity contribution is 7.19. The van der Waals surface area contributed by atoms with Gasteiger partial charge in [0.1, 0.15) is 5.82 Å². The van der Waals surface area contributed by atoms with Gasteiger partial charge in [0.25, 0.3) is 5.91 Å². The van der Waals surface area contributed by atoms with Crippen LogP contribution in [0.5, 0.6) is 0 Å². The smallest absolute Gasteiger partial charge is 0.256 e. The second kappa shape index (κ2) is 8.57. The summed E-state index contributed by atoms with van der Waals surface area (Å²) in [6.45, 7) is 6.37. The number of likely N-dealkylation sites (tertiary alicyclic amines) is 1. The summed E-state index contributed by atoms with van der Waals surface area (Å²) in [5.41, 5.74) is 4.08. The molecule has 35 heavy (non-hydrogen) atoms. The van der Waals surface area contributed by atoms with Crippen LogP contribution in [0.2, 0.25) is 0 Å². The van der Waals surface area contributed by atoms with Crippen LogP contribution < -0.4 is 4.90 Å². The van der Waals surface area contributed by atoms with Crippen LogP contribution in [0.4, 0.5) is 9.52 Å². The van der Waals surface area contributed by atoms with Crippen LogP contribution in [0.3, 0.4) is 0 Å². The second-order valence-corrected chi connectivity index (χ2v) is 10.3. The average molecular weight is 489 g/mol. The fourth-order valence-electron chi connectivity index (χ4n) is 5.11. The summed E-state index contributed by atoms with van der Waals surface area (Å²) in [6, 6.07) is 12.6. The molecule has 7 nitrogen and oxygen atoms in total. The van der Waals surface area contributed by atoms with Crippen molar-refractivity contribution in [2.24, 2.45) is 5.92 Å². The van der Waals surface area contributed by atoms with E-state index < -0.39 is 0 Å². The molecule has 4 heterocycles. The van der Waals surface area contributed by atoms with Crippen molar-refractivity contribution in [1.82, 2.24) is 24.9 Å². The molecular weight excluding hydrogens is 463 g/mol. The van der Waals surface area contributed by atoms with Crippen LogP contribution in [0.25, 0.3) is 16.1 Å². The third-order valence-corrected chi connectivity index (χ3v) is 8.24. The summed E-state index contributed by atoms with van der Waals surface area (Å²) < 4.78 is 13.8. The van der Waals surface area contributed by atoms with Gasteiger partial charge in [0.15, 0.2) is 5.13 Å². The van der Waals surface area contributed by atoms with Gasteiger partial charge in [-0.3, -0.25) is 4.79 Å². The summed E-state index contributed by atoms with van der Waals surface area (Å²) in [5, 5.41) is 9.39. The number of nitrogens with zero attached hydrogens (tertiary/aromatic N) is 6. The molecule has 0 spiro atoms. The van der Waals surface area contributed by atoms with Gasteiger partial charge < -0.3 is 9.80 Å². The lowest BCUT2D eigenvalue weighted by Crippen LogP contribution is -2.65. The molecule has 2 aliphatic heterocycles. The number of hydrogen-bond acceptors (Lipinski definition) is 6. The van der Waals surface area contributed by atoms with Crippen molar-refractivity contribution in [3.63, 3.8) is 0 Å². The van der Waals surface area contributed by atoms with Crippen LogP contribution in [-0.4, -0.2) is 56.5 Å². The number of thiazole rings is 1. The normalized spacial score (nSPS) is 19.4. The monoisotopic (exact) mass is 488 g/mol. The number of halogens is 1. The van der Waals surface area contributed by atoms with Crippen molar-refractivity contribution in [3.05, 3.63) is 77.5 Å². The minimum atomic E-state index is -0.248. The van der Waals surface area contributed by atoms with Crippen molar-refractivity contribution in [1.29, 1.82) is 0 Å². The molecule has 0 bridgehead atoms. The SMILES string of the molecule is Cc1ccc(-n2nccn2)c(C(=O)N2C[C@@H]3CCN(c4nc(C)c(-c5cccc(F)c5)s4)C[C@@H]32)c1. The Hall–Kier alpha value is -3.59. The molecule has 2 aromatic carbocycles. The molecule has 6 rings (SSSR count). The van der Waals surface area contributed by atoms with E-state index in [1.54, 1.807) is 35.9 Å². The number of benzene rings is 2. The zero-order valence-electron chi connectivity index (χ0n) is 19.6. The number of carbonyl (C=O) groups is 1. The highest BCUT2D eigenvalue weighted by atomic mass is 32.1. The Morgan fingerprint density at radius 2 is 1.91 bits per heavy atom. The van der Waals surface area contributed by atoms with Gasteiger partial charge >= 0.3 is 0 Å². The molecular formula is C26H25FN6OS. The van der Waals surface area contributed by atoms with E-state index in [4.69, 9.17) is 4.98 Å². The zero-order valence-corrected chi connectivity index (χ0v) is 20.4. The van der Waals surface area contributed by atoms with E-state index >= 15 is 0 Å². The molecule has 2 saturated heterocycles. The number of piperidine rings is 1. The number of aryl methyl sites for hydroxylation is 2. The van der Waals surface area contributed by atoms with Crippen molar-refractivity contribution >= 4 is 22.4 Å². The predicted octanol–water partition coefficient (Wildman–Crippen LogP) is 4.50. The fourth-order valence-corrected chi connectivity index (χ4v) is 6.21. The molecule has 0 radical (unpaired) electrons. The lowest BCUT2D eigenvalue weighted by atomic mass is 9.82. The first-order chi connectivity index (χ1) is 17.0. The summed E-state index contributed by atoms with van der Waals surface area (Å²) in [6.07, 6.45) is 4.24. The van der Waals surface area contributed by atoms with E-state index in [-0.39, 0.29) is 17.8 Å². The van der Waals surface area contributed by atoms with Gasteiger partial charge in [0.2, 0.25) is 0 Å². The number of fused-ring (bicyclic) bond motifs is 1. The third-order valence-electron chi connectivity index (χ3n) is 6.97. The Bertz CT molecular complexity index is 1400. The van der Waals surface area contributed by atoms with E-state index in [2.05, 4.69) is 15.1 Å². The molecule has 2 atom stereocenters. The summed E-state index contributed by atoms with van der Waals surface area (Å²) in [5.74, 6) is 0.261. The molecule has 0 unspecified atom stereocenters. The predicted molar refractivity (Wildman–Crippen MR) is 133 cm³/mol. The first kappa shape index (κ1) is 21.9. The van der Waals surface area contributed by atoms with Gasteiger partial charge in [-0.25, -0.2) is 9.37 Å². The van der Waals surface area contributed by atoms with Gasteiger partial charge in [0.05, 0.1) is 40.3 Å². The highest BCUT2D eigenvalue weighted by Crippen LogP contribution is 2.40. The lowest BCUT2D eigenvalue weighted by molar-refractivity contribution is 0.00787. The second-order valence-electron chi connectivity index (χ2n) is 9.28. The first-order valence-electron chi connectivity index (χ1n) is 11.7. The average Bonchev–Trinajstić information content (AvgIpc) is 3.50. The van der Waals surface area contributed by atoms with Crippen molar-refractivity contribution < 1.29 is 9.18 Å². The maximum atomic E-state index is 13.8. The number of hydrogen-bond donors (Lipinski definition) is 0.